The second kappa shape index (κ2) is 4.96. The molecule has 0 saturated heterocycles. The van der Waals surface area contributed by atoms with Crippen molar-refractivity contribution < 1.29 is 4.79 Å². The Hall–Kier alpha value is -0.790. The number of rotatable bonds is 1. The van der Waals surface area contributed by atoms with Gasteiger partial charge in [0.2, 0.25) is 5.91 Å². The lowest BCUT2D eigenvalue weighted by Crippen LogP contribution is -2.31. The SMILES string of the molecule is CC(=O)NC1/C=C\CCCCC1. The van der Waals surface area contributed by atoms with Crippen LogP contribution < -0.4 is 5.32 Å². The second-order valence-corrected chi connectivity index (χ2v) is 3.37. The van der Waals surface area contributed by atoms with E-state index in [9.17, 15) is 4.79 Å². The van der Waals surface area contributed by atoms with Crippen LogP contribution in [0.25, 0.3) is 0 Å². The number of carbonyl (C=O) groups excluding carboxylic acids is 1. The number of amides is 1. The highest BCUT2D eigenvalue weighted by Gasteiger charge is 2.06. The van der Waals surface area contributed by atoms with Gasteiger partial charge in [0.25, 0.3) is 0 Å². The molecule has 0 aromatic rings. The highest BCUT2D eigenvalue weighted by Crippen LogP contribution is 2.11. The molecule has 1 rings (SSSR count). The first kappa shape index (κ1) is 9.30. The van der Waals surface area contributed by atoms with Gasteiger partial charge >= 0.3 is 0 Å². The van der Waals surface area contributed by atoms with E-state index in [4.69, 9.17) is 0 Å². The summed E-state index contributed by atoms with van der Waals surface area (Å²) in [6.45, 7) is 1.58. The zero-order valence-corrected chi connectivity index (χ0v) is 7.68. The van der Waals surface area contributed by atoms with E-state index in [1.165, 1.54) is 19.3 Å². The van der Waals surface area contributed by atoms with Gasteiger partial charge in [-0.05, 0) is 19.3 Å². The van der Waals surface area contributed by atoms with Crippen molar-refractivity contribution in [3.8, 4) is 0 Å². The topological polar surface area (TPSA) is 29.1 Å². The summed E-state index contributed by atoms with van der Waals surface area (Å²) < 4.78 is 0. The molecule has 1 atom stereocenters. The first-order chi connectivity index (χ1) is 5.79. The lowest BCUT2D eigenvalue weighted by Gasteiger charge is -2.15. The Morgan fingerprint density at radius 3 is 3.00 bits per heavy atom. The summed E-state index contributed by atoms with van der Waals surface area (Å²) in [4.78, 5) is 10.8. The molecule has 1 aliphatic rings. The Morgan fingerprint density at radius 2 is 2.25 bits per heavy atom. The summed E-state index contributed by atoms with van der Waals surface area (Å²) >= 11 is 0. The predicted octanol–water partition coefficient (Wildman–Crippen LogP) is 2.01. The summed E-state index contributed by atoms with van der Waals surface area (Å²) in [5.74, 6) is 0.0743. The zero-order valence-electron chi connectivity index (χ0n) is 7.68. The van der Waals surface area contributed by atoms with Gasteiger partial charge in [0, 0.05) is 13.0 Å². The summed E-state index contributed by atoms with van der Waals surface area (Å²) in [7, 11) is 0. The fraction of sp³-hybridized carbons (Fsp3) is 0.700. The molecule has 68 valence electrons. The Labute approximate surface area is 74.0 Å². The maximum absolute atomic E-state index is 10.8. The van der Waals surface area contributed by atoms with Gasteiger partial charge < -0.3 is 5.32 Å². The van der Waals surface area contributed by atoms with Crippen molar-refractivity contribution in [2.75, 3.05) is 0 Å². The van der Waals surface area contributed by atoms with E-state index in [0.29, 0.717) is 0 Å². The Balaban J connectivity index is 2.38. The van der Waals surface area contributed by atoms with Crippen LogP contribution in [0.1, 0.15) is 39.0 Å². The first-order valence-corrected chi connectivity index (χ1v) is 4.73. The van der Waals surface area contributed by atoms with E-state index < -0.39 is 0 Å². The van der Waals surface area contributed by atoms with Crippen molar-refractivity contribution in [1.82, 2.24) is 5.32 Å². The van der Waals surface area contributed by atoms with Crippen LogP contribution in [-0.4, -0.2) is 11.9 Å². The second-order valence-electron chi connectivity index (χ2n) is 3.37. The molecular weight excluding hydrogens is 150 g/mol. The van der Waals surface area contributed by atoms with Gasteiger partial charge in [0.05, 0.1) is 0 Å². The maximum atomic E-state index is 10.8. The van der Waals surface area contributed by atoms with Crippen molar-refractivity contribution in [2.45, 2.75) is 45.1 Å². The van der Waals surface area contributed by atoms with E-state index in [1.54, 1.807) is 6.92 Å². The van der Waals surface area contributed by atoms with E-state index >= 15 is 0 Å². The van der Waals surface area contributed by atoms with Crippen molar-refractivity contribution >= 4 is 5.91 Å². The fourth-order valence-electron chi connectivity index (χ4n) is 1.54. The third-order valence-electron chi connectivity index (χ3n) is 2.14. The number of nitrogens with one attached hydrogen (secondary N) is 1. The van der Waals surface area contributed by atoms with Gasteiger partial charge in [-0.2, -0.15) is 0 Å². The van der Waals surface area contributed by atoms with Gasteiger partial charge in [-0.3, -0.25) is 4.79 Å². The van der Waals surface area contributed by atoms with Crippen LogP contribution >= 0.6 is 0 Å². The highest BCUT2D eigenvalue weighted by atomic mass is 16.1. The molecule has 0 bridgehead atoms. The minimum Gasteiger partial charge on any atom is -0.350 e. The monoisotopic (exact) mass is 167 g/mol. The molecule has 0 fully saturated rings. The zero-order chi connectivity index (χ0) is 8.81. The number of hydrogen-bond donors (Lipinski definition) is 1. The Morgan fingerprint density at radius 1 is 1.42 bits per heavy atom. The van der Waals surface area contributed by atoms with Crippen molar-refractivity contribution in [1.29, 1.82) is 0 Å². The predicted molar refractivity (Wildman–Crippen MR) is 49.8 cm³/mol. The van der Waals surface area contributed by atoms with E-state index in [2.05, 4.69) is 17.5 Å². The molecule has 0 aliphatic heterocycles. The quantitative estimate of drug-likeness (QED) is 0.595. The molecule has 2 heteroatoms. The molecule has 2 nitrogen and oxygen atoms in total. The first-order valence-electron chi connectivity index (χ1n) is 4.73. The van der Waals surface area contributed by atoms with Crippen LogP contribution in [0.3, 0.4) is 0 Å². The third kappa shape index (κ3) is 3.56. The number of hydrogen-bond acceptors (Lipinski definition) is 1. The molecule has 0 aromatic heterocycles. The molecule has 1 aliphatic carbocycles. The van der Waals surface area contributed by atoms with E-state index in [0.717, 1.165) is 12.8 Å². The van der Waals surface area contributed by atoms with Crippen molar-refractivity contribution in [3.05, 3.63) is 12.2 Å². The van der Waals surface area contributed by atoms with Gasteiger partial charge in [-0.15, -0.1) is 0 Å². The molecule has 1 amide bonds. The molecule has 0 heterocycles. The molecule has 12 heavy (non-hydrogen) atoms. The molecule has 0 saturated carbocycles. The average Bonchev–Trinajstić information content (AvgIpc) is 1.93. The molecule has 1 unspecified atom stereocenters. The summed E-state index contributed by atoms with van der Waals surface area (Å²) in [6, 6.07) is 0.280. The lowest BCUT2D eigenvalue weighted by atomic mass is 10.0. The third-order valence-corrected chi connectivity index (χ3v) is 2.14. The smallest absolute Gasteiger partial charge is 0.217 e. The Kier molecular flexibility index (Phi) is 3.85. The van der Waals surface area contributed by atoms with Crippen LogP contribution in [0.15, 0.2) is 12.2 Å². The van der Waals surface area contributed by atoms with Gasteiger partial charge in [-0.1, -0.05) is 25.0 Å². The minimum absolute atomic E-state index is 0.0743. The number of carbonyl (C=O) groups is 1. The average molecular weight is 167 g/mol. The van der Waals surface area contributed by atoms with Gasteiger partial charge in [-0.25, -0.2) is 0 Å². The minimum atomic E-state index is 0.0743. The Bertz CT molecular complexity index is 175. The van der Waals surface area contributed by atoms with Crippen LogP contribution in [-0.2, 0) is 4.79 Å². The van der Waals surface area contributed by atoms with Crippen LogP contribution in [0.2, 0.25) is 0 Å². The molecule has 0 aromatic carbocycles. The summed E-state index contributed by atoms with van der Waals surface area (Å²) in [5.41, 5.74) is 0. The van der Waals surface area contributed by atoms with E-state index in [-0.39, 0.29) is 11.9 Å². The standard InChI is InChI=1S/C10H17NO/c1-9(12)11-10-7-5-3-2-4-6-8-10/h5,7,10H,2-4,6,8H2,1H3,(H,11,12)/b7-5-. The summed E-state index contributed by atoms with van der Waals surface area (Å²) in [5, 5.41) is 2.92. The van der Waals surface area contributed by atoms with Crippen LogP contribution in [0.5, 0.6) is 0 Å². The normalized spacial score (nSPS) is 26.9. The number of allylic oxidation sites excluding steroid dienone is 1. The van der Waals surface area contributed by atoms with Gasteiger partial charge in [0.15, 0.2) is 0 Å². The van der Waals surface area contributed by atoms with Crippen LogP contribution in [0, 0.1) is 0 Å². The largest absolute Gasteiger partial charge is 0.350 e. The molecule has 0 radical (unpaired) electrons. The highest BCUT2D eigenvalue weighted by molar-refractivity contribution is 5.73. The molecule has 0 spiro atoms. The van der Waals surface area contributed by atoms with Crippen molar-refractivity contribution in [3.63, 3.8) is 0 Å². The van der Waals surface area contributed by atoms with Crippen molar-refractivity contribution in [2.24, 2.45) is 0 Å². The van der Waals surface area contributed by atoms with Gasteiger partial charge in [0.1, 0.15) is 0 Å². The lowest BCUT2D eigenvalue weighted by molar-refractivity contribution is -0.119. The fourth-order valence-corrected chi connectivity index (χ4v) is 1.54. The summed E-state index contributed by atoms with van der Waals surface area (Å²) in [6.07, 6.45) is 10.4. The maximum Gasteiger partial charge on any atom is 0.217 e. The molecule has 1 N–H and O–H groups in total. The van der Waals surface area contributed by atoms with Crippen LogP contribution in [0.4, 0.5) is 0 Å². The molecular formula is C10H17NO. The van der Waals surface area contributed by atoms with E-state index in [1.807, 2.05) is 0 Å².